The first-order valence-electron chi connectivity index (χ1n) is 9.06. The minimum Gasteiger partial charge on any atom is -0.468 e. The molecule has 0 fully saturated rings. The fraction of sp³-hybridized carbons (Fsp3) is 0.333. The van der Waals surface area contributed by atoms with Gasteiger partial charge in [-0.2, -0.15) is 0 Å². The standard InChI is InChI=1S/C21H21F3O3S/c1-2-3-4-5-14-6-9-17(18(10-14)27-21(22,23)24)20-11-15-7-8-16(26-13-25)12-19(15)28-20/h6-12,25H,2-5,13H2,1H3. The third-order valence-corrected chi connectivity index (χ3v) is 5.46. The lowest BCUT2D eigenvalue weighted by Gasteiger charge is -2.14. The first kappa shape index (κ1) is 20.5. The average Bonchev–Trinajstić information content (AvgIpc) is 3.04. The molecule has 1 heterocycles. The number of aliphatic hydroxyl groups excluding tert-OH is 1. The van der Waals surface area contributed by atoms with E-state index in [1.165, 1.54) is 17.4 Å². The van der Waals surface area contributed by atoms with Crippen LogP contribution in [0.3, 0.4) is 0 Å². The Morgan fingerprint density at radius 3 is 2.57 bits per heavy atom. The predicted molar refractivity (Wildman–Crippen MR) is 105 cm³/mol. The van der Waals surface area contributed by atoms with E-state index < -0.39 is 13.2 Å². The van der Waals surface area contributed by atoms with E-state index in [9.17, 15) is 13.2 Å². The Bertz CT molecular complexity index is 934. The normalized spacial score (nSPS) is 11.8. The van der Waals surface area contributed by atoms with Crippen LogP contribution in [-0.4, -0.2) is 18.3 Å². The molecule has 0 aliphatic heterocycles. The zero-order chi connectivity index (χ0) is 20.1. The molecule has 3 nitrogen and oxygen atoms in total. The van der Waals surface area contributed by atoms with E-state index in [1.807, 2.05) is 18.2 Å². The summed E-state index contributed by atoms with van der Waals surface area (Å²) in [6.45, 7) is 1.65. The molecule has 0 aliphatic rings. The lowest BCUT2D eigenvalue weighted by molar-refractivity contribution is -0.274. The summed E-state index contributed by atoms with van der Waals surface area (Å²) >= 11 is 1.35. The predicted octanol–water partition coefficient (Wildman–Crippen LogP) is 6.53. The van der Waals surface area contributed by atoms with Crippen LogP contribution in [0.25, 0.3) is 20.5 Å². The van der Waals surface area contributed by atoms with Gasteiger partial charge in [0.25, 0.3) is 0 Å². The Morgan fingerprint density at radius 1 is 1.04 bits per heavy atom. The molecule has 0 aliphatic carbocycles. The number of unbranched alkanes of at least 4 members (excludes halogenated alkanes) is 2. The SMILES string of the molecule is CCCCCc1ccc(-c2cc3ccc(OCO)cc3s2)c(OC(F)(F)F)c1. The quantitative estimate of drug-likeness (QED) is 0.339. The second kappa shape index (κ2) is 8.84. The third-order valence-electron chi connectivity index (χ3n) is 4.33. The van der Waals surface area contributed by atoms with Crippen molar-refractivity contribution in [3.63, 3.8) is 0 Å². The Balaban J connectivity index is 1.97. The van der Waals surface area contributed by atoms with Crippen LogP contribution in [0.4, 0.5) is 13.2 Å². The molecule has 0 radical (unpaired) electrons. The van der Waals surface area contributed by atoms with Crippen molar-refractivity contribution in [2.75, 3.05) is 6.79 Å². The Hall–Kier alpha value is -2.25. The molecule has 0 atom stereocenters. The maximum atomic E-state index is 13.0. The fourth-order valence-corrected chi connectivity index (χ4v) is 4.14. The number of aryl methyl sites for hydroxylation is 1. The first-order chi connectivity index (χ1) is 13.4. The molecule has 28 heavy (non-hydrogen) atoms. The number of thiophene rings is 1. The van der Waals surface area contributed by atoms with Gasteiger partial charge in [0.2, 0.25) is 0 Å². The highest BCUT2D eigenvalue weighted by molar-refractivity contribution is 7.22. The second-order valence-electron chi connectivity index (χ2n) is 6.42. The highest BCUT2D eigenvalue weighted by Crippen LogP contribution is 2.41. The van der Waals surface area contributed by atoms with Gasteiger partial charge >= 0.3 is 6.36 Å². The Kier molecular flexibility index (Phi) is 6.46. The van der Waals surface area contributed by atoms with Crippen molar-refractivity contribution >= 4 is 21.4 Å². The molecular formula is C21H21F3O3S. The molecule has 150 valence electrons. The molecule has 0 unspecified atom stereocenters. The second-order valence-corrected chi connectivity index (χ2v) is 7.50. The van der Waals surface area contributed by atoms with Crippen molar-refractivity contribution in [1.82, 2.24) is 0 Å². The molecule has 7 heteroatoms. The summed E-state index contributed by atoms with van der Waals surface area (Å²) in [4.78, 5) is 0.676. The number of aliphatic hydroxyl groups is 1. The van der Waals surface area contributed by atoms with E-state index in [0.717, 1.165) is 41.3 Å². The van der Waals surface area contributed by atoms with E-state index in [4.69, 9.17) is 9.84 Å². The topological polar surface area (TPSA) is 38.7 Å². The van der Waals surface area contributed by atoms with E-state index in [-0.39, 0.29) is 5.75 Å². The molecule has 3 aromatic rings. The molecule has 1 N–H and O–H groups in total. The lowest BCUT2D eigenvalue weighted by atomic mass is 10.0. The van der Waals surface area contributed by atoms with Crippen molar-refractivity contribution in [2.24, 2.45) is 0 Å². The van der Waals surface area contributed by atoms with E-state index in [2.05, 4.69) is 11.7 Å². The molecule has 0 bridgehead atoms. The summed E-state index contributed by atoms with van der Waals surface area (Å²) in [6.07, 6.45) is -1.02. The largest absolute Gasteiger partial charge is 0.573 e. The minimum absolute atomic E-state index is 0.181. The van der Waals surface area contributed by atoms with Crippen molar-refractivity contribution in [3.8, 4) is 21.9 Å². The molecule has 3 rings (SSSR count). The van der Waals surface area contributed by atoms with Crippen molar-refractivity contribution in [3.05, 3.63) is 48.0 Å². The van der Waals surface area contributed by atoms with Gasteiger partial charge in [0.1, 0.15) is 11.5 Å². The third kappa shape index (κ3) is 5.17. The number of benzene rings is 2. The highest BCUT2D eigenvalue weighted by atomic mass is 32.1. The average molecular weight is 410 g/mol. The summed E-state index contributed by atoms with van der Waals surface area (Å²) in [6, 6.07) is 12.1. The number of fused-ring (bicyclic) bond motifs is 1. The smallest absolute Gasteiger partial charge is 0.468 e. The van der Waals surface area contributed by atoms with Crippen LogP contribution in [0.1, 0.15) is 31.7 Å². The zero-order valence-electron chi connectivity index (χ0n) is 15.4. The van der Waals surface area contributed by atoms with E-state index in [1.54, 1.807) is 18.2 Å². The first-order valence-corrected chi connectivity index (χ1v) is 9.87. The lowest BCUT2D eigenvalue weighted by Crippen LogP contribution is -2.17. The van der Waals surface area contributed by atoms with Crippen molar-refractivity contribution in [1.29, 1.82) is 0 Å². The minimum atomic E-state index is -4.75. The maximum absolute atomic E-state index is 13.0. The number of halogens is 3. The molecule has 0 saturated carbocycles. The molecular weight excluding hydrogens is 389 g/mol. The van der Waals surface area contributed by atoms with Crippen LogP contribution in [0.5, 0.6) is 11.5 Å². The van der Waals surface area contributed by atoms with Crippen LogP contribution in [0.2, 0.25) is 0 Å². The van der Waals surface area contributed by atoms with Gasteiger partial charge in [0.15, 0.2) is 6.79 Å². The maximum Gasteiger partial charge on any atom is 0.573 e. The highest BCUT2D eigenvalue weighted by Gasteiger charge is 2.32. The fourth-order valence-electron chi connectivity index (χ4n) is 3.02. The number of ether oxygens (including phenoxy) is 2. The Labute approximate surface area is 165 Å². The summed E-state index contributed by atoms with van der Waals surface area (Å²) in [5.41, 5.74) is 1.23. The number of hydrogen-bond acceptors (Lipinski definition) is 4. The van der Waals surface area contributed by atoms with Gasteiger partial charge in [0, 0.05) is 15.1 Å². The Morgan fingerprint density at radius 2 is 1.86 bits per heavy atom. The van der Waals surface area contributed by atoms with Gasteiger partial charge in [0.05, 0.1) is 0 Å². The summed E-state index contributed by atoms with van der Waals surface area (Å²) in [5, 5.41) is 9.77. The van der Waals surface area contributed by atoms with Crippen LogP contribution < -0.4 is 9.47 Å². The van der Waals surface area contributed by atoms with E-state index in [0.29, 0.717) is 16.2 Å². The molecule has 1 aromatic heterocycles. The molecule has 0 amide bonds. The molecule has 0 spiro atoms. The number of rotatable bonds is 8. The van der Waals surface area contributed by atoms with E-state index >= 15 is 0 Å². The van der Waals surface area contributed by atoms with Crippen LogP contribution >= 0.6 is 11.3 Å². The van der Waals surface area contributed by atoms with Gasteiger partial charge in [-0.15, -0.1) is 24.5 Å². The van der Waals surface area contributed by atoms with Crippen LogP contribution in [-0.2, 0) is 6.42 Å². The van der Waals surface area contributed by atoms with Crippen molar-refractivity contribution < 1.29 is 27.8 Å². The molecule has 2 aromatic carbocycles. The molecule has 0 saturated heterocycles. The summed E-state index contributed by atoms with van der Waals surface area (Å²) < 4.78 is 49.1. The van der Waals surface area contributed by atoms with Gasteiger partial charge in [-0.3, -0.25) is 0 Å². The summed E-state index contributed by atoms with van der Waals surface area (Å²) in [5.74, 6) is 0.321. The van der Waals surface area contributed by atoms with Crippen molar-refractivity contribution in [2.45, 2.75) is 39.0 Å². The van der Waals surface area contributed by atoms with Gasteiger partial charge in [-0.1, -0.05) is 25.8 Å². The monoisotopic (exact) mass is 410 g/mol. The van der Waals surface area contributed by atoms with Crippen LogP contribution in [0.15, 0.2) is 42.5 Å². The van der Waals surface area contributed by atoms with Crippen LogP contribution in [0, 0.1) is 0 Å². The number of alkyl halides is 3. The van der Waals surface area contributed by atoms with Gasteiger partial charge in [-0.05, 0) is 60.2 Å². The van der Waals surface area contributed by atoms with Gasteiger partial charge in [-0.25, -0.2) is 0 Å². The number of hydrogen-bond donors (Lipinski definition) is 1. The van der Waals surface area contributed by atoms with Gasteiger partial charge < -0.3 is 14.6 Å². The summed E-state index contributed by atoms with van der Waals surface area (Å²) in [7, 11) is 0. The zero-order valence-corrected chi connectivity index (χ0v) is 16.2.